The minimum absolute atomic E-state index is 0. The highest BCUT2D eigenvalue weighted by molar-refractivity contribution is 5.85. The van der Waals surface area contributed by atoms with Gasteiger partial charge < -0.3 is 20.3 Å². The van der Waals surface area contributed by atoms with Gasteiger partial charge in [0, 0.05) is 19.1 Å². The summed E-state index contributed by atoms with van der Waals surface area (Å²) in [5.74, 6) is 1.20. The van der Waals surface area contributed by atoms with Gasteiger partial charge >= 0.3 is 0 Å². The highest BCUT2D eigenvalue weighted by Gasteiger charge is 2.47. The van der Waals surface area contributed by atoms with Gasteiger partial charge in [0.15, 0.2) is 0 Å². The first kappa shape index (κ1) is 23.6. The van der Waals surface area contributed by atoms with E-state index in [-0.39, 0.29) is 23.9 Å². The van der Waals surface area contributed by atoms with Crippen LogP contribution in [-0.4, -0.2) is 49.0 Å². The van der Waals surface area contributed by atoms with Crippen molar-refractivity contribution >= 4 is 18.3 Å². The van der Waals surface area contributed by atoms with Crippen LogP contribution in [0.4, 0.5) is 0 Å². The fraction of sp³-hybridized carbons (Fsp3) is 0.480. The second-order valence-electron chi connectivity index (χ2n) is 8.75. The molecule has 168 valence electrons. The first-order valence-electron chi connectivity index (χ1n) is 11.0. The summed E-state index contributed by atoms with van der Waals surface area (Å²) in [6.45, 7) is 4.53. The van der Waals surface area contributed by atoms with E-state index in [1.807, 2.05) is 35.2 Å². The normalized spacial score (nSPS) is 19.3. The van der Waals surface area contributed by atoms with Crippen molar-refractivity contribution in [2.24, 2.45) is 11.1 Å². The van der Waals surface area contributed by atoms with Gasteiger partial charge in [-0.05, 0) is 68.6 Å². The molecule has 0 aliphatic carbocycles. The number of amides is 1. The molecule has 2 aliphatic rings. The lowest BCUT2D eigenvalue weighted by Crippen LogP contribution is -2.45. The van der Waals surface area contributed by atoms with Crippen molar-refractivity contribution < 1.29 is 9.53 Å². The molecule has 1 spiro atoms. The second kappa shape index (κ2) is 10.5. The van der Waals surface area contributed by atoms with Crippen LogP contribution in [-0.2, 0) is 11.3 Å². The van der Waals surface area contributed by atoms with Gasteiger partial charge in [-0.15, -0.1) is 12.4 Å². The van der Waals surface area contributed by atoms with Crippen molar-refractivity contribution in [3.63, 3.8) is 0 Å². The van der Waals surface area contributed by atoms with Crippen LogP contribution < -0.4 is 10.5 Å². The number of halogens is 1. The van der Waals surface area contributed by atoms with Crippen molar-refractivity contribution in [1.82, 2.24) is 9.80 Å². The molecule has 2 aromatic rings. The summed E-state index contributed by atoms with van der Waals surface area (Å²) in [5, 5.41) is 0. The highest BCUT2D eigenvalue weighted by Crippen LogP contribution is 2.42. The molecule has 2 fully saturated rings. The molecular weight excluding hydrogens is 410 g/mol. The average molecular weight is 444 g/mol. The monoisotopic (exact) mass is 443 g/mol. The number of hydrogen-bond acceptors (Lipinski definition) is 4. The predicted octanol–water partition coefficient (Wildman–Crippen LogP) is 4.02. The lowest BCUT2D eigenvalue weighted by atomic mass is 9.77. The van der Waals surface area contributed by atoms with E-state index in [0.717, 1.165) is 63.2 Å². The summed E-state index contributed by atoms with van der Waals surface area (Å²) in [4.78, 5) is 17.8. The van der Waals surface area contributed by atoms with E-state index >= 15 is 0 Å². The van der Waals surface area contributed by atoms with E-state index in [1.165, 1.54) is 5.56 Å². The number of likely N-dealkylation sites (tertiary alicyclic amines) is 2. The van der Waals surface area contributed by atoms with E-state index in [0.29, 0.717) is 12.5 Å². The molecule has 2 heterocycles. The van der Waals surface area contributed by atoms with E-state index in [2.05, 4.69) is 29.2 Å². The molecule has 31 heavy (non-hydrogen) atoms. The third-order valence-electron chi connectivity index (χ3n) is 6.93. The van der Waals surface area contributed by atoms with Gasteiger partial charge in [-0.1, -0.05) is 42.5 Å². The largest absolute Gasteiger partial charge is 0.497 e. The molecule has 5 nitrogen and oxygen atoms in total. The van der Waals surface area contributed by atoms with Gasteiger partial charge in [-0.2, -0.15) is 0 Å². The maximum absolute atomic E-state index is 13.2. The first-order valence-corrected chi connectivity index (χ1v) is 11.0. The maximum atomic E-state index is 13.2. The van der Waals surface area contributed by atoms with Gasteiger partial charge in [0.05, 0.1) is 12.5 Å². The number of carbonyl (C=O) groups is 1. The smallest absolute Gasteiger partial charge is 0.229 e. The van der Waals surface area contributed by atoms with Gasteiger partial charge in [0.2, 0.25) is 5.91 Å². The maximum Gasteiger partial charge on any atom is 0.229 e. The number of carbonyl (C=O) groups excluding carboxylic acids is 1. The fourth-order valence-electron chi connectivity index (χ4n) is 4.85. The summed E-state index contributed by atoms with van der Waals surface area (Å²) in [6.07, 6.45) is 3.87. The van der Waals surface area contributed by atoms with Crippen LogP contribution in [0.3, 0.4) is 0 Å². The molecule has 1 amide bonds. The Labute approximate surface area is 192 Å². The summed E-state index contributed by atoms with van der Waals surface area (Å²) in [6, 6.07) is 18.4. The van der Waals surface area contributed by atoms with Crippen LogP contribution in [0.5, 0.6) is 5.75 Å². The van der Waals surface area contributed by atoms with Crippen molar-refractivity contribution in [2.45, 2.75) is 38.3 Å². The molecule has 0 unspecified atom stereocenters. The number of hydrogen-bond donors (Lipinski definition) is 1. The zero-order valence-electron chi connectivity index (χ0n) is 18.3. The van der Waals surface area contributed by atoms with E-state index in [1.54, 1.807) is 7.11 Å². The summed E-state index contributed by atoms with van der Waals surface area (Å²) < 4.78 is 5.23. The number of nitrogens with zero attached hydrogens (tertiary/aromatic N) is 2. The van der Waals surface area contributed by atoms with Crippen LogP contribution in [0.15, 0.2) is 54.6 Å². The van der Waals surface area contributed by atoms with Crippen LogP contribution in [0, 0.1) is 5.41 Å². The molecular formula is C25H34ClN3O2. The van der Waals surface area contributed by atoms with Gasteiger partial charge in [0.1, 0.15) is 5.75 Å². The third-order valence-corrected chi connectivity index (χ3v) is 6.93. The van der Waals surface area contributed by atoms with Crippen LogP contribution in [0.2, 0.25) is 0 Å². The topological polar surface area (TPSA) is 58.8 Å². The molecule has 1 atom stereocenters. The molecule has 6 heteroatoms. The number of ether oxygens (including phenoxy) is 1. The molecule has 0 bridgehead atoms. The van der Waals surface area contributed by atoms with E-state index in [4.69, 9.17) is 10.5 Å². The molecule has 2 saturated heterocycles. The zero-order valence-corrected chi connectivity index (χ0v) is 19.2. The minimum atomic E-state index is -0.148. The SMILES string of the molecule is COc1ccc(CN2CCC3(CCN(CC[C@H](N)c4ccccc4)CC3)C2=O)cc1.Cl. The Bertz CT molecular complexity index is 836. The fourth-order valence-corrected chi connectivity index (χ4v) is 4.85. The Morgan fingerprint density at radius 1 is 1.00 bits per heavy atom. The Balaban J connectivity index is 0.00000272. The minimum Gasteiger partial charge on any atom is -0.497 e. The van der Waals surface area contributed by atoms with Crippen molar-refractivity contribution in [3.8, 4) is 5.75 Å². The van der Waals surface area contributed by atoms with Gasteiger partial charge in [-0.25, -0.2) is 0 Å². The Hall–Kier alpha value is -2.08. The number of benzene rings is 2. The van der Waals surface area contributed by atoms with Gasteiger partial charge in [0.25, 0.3) is 0 Å². The summed E-state index contributed by atoms with van der Waals surface area (Å²) in [5.41, 5.74) is 8.58. The molecule has 2 aliphatic heterocycles. The van der Waals surface area contributed by atoms with Crippen molar-refractivity contribution in [1.29, 1.82) is 0 Å². The molecule has 4 rings (SSSR count). The number of nitrogens with two attached hydrogens (primary N) is 1. The van der Waals surface area contributed by atoms with Crippen LogP contribution >= 0.6 is 12.4 Å². The lowest BCUT2D eigenvalue weighted by molar-refractivity contribution is -0.138. The molecule has 2 aromatic carbocycles. The summed E-state index contributed by atoms with van der Waals surface area (Å²) >= 11 is 0. The molecule has 2 N–H and O–H groups in total. The summed E-state index contributed by atoms with van der Waals surface area (Å²) in [7, 11) is 1.67. The standard InChI is InChI=1S/C25H33N3O2.ClH/c1-30-22-9-7-20(8-10-22)19-28-18-14-25(24(28)29)12-16-27(17-13-25)15-11-23(26)21-5-3-2-4-6-21;/h2-10,23H,11-19,26H2,1H3;1H/t23-;/m0./s1. The zero-order chi connectivity index (χ0) is 21.0. The molecule has 0 radical (unpaired) electrons. The van der Waals surface area contributed by atoms with Crippen LogP contribution in [0.1, 0.15) is 42.9 Å². The van der Waals surface area contributed by atoms with Crippen LogP contribution in [0.25, 0.3) is 0 Å². The third kappa shape index (κ3) is 5.40. The average Bonchev–Trinajstić information content (AvgIpc) is 3.09. The number of methoxy groups -OCH3 is 1. The lowest BCUT2D eigenvalue weighted by Gasteiger charge is -2.38. The molecule has 0 aromatic heterocycles. The van der Waals surface area contributed by atoms with E-state index in [9.17, 15) is 4.79 Å². The first-order chi connectivity index (χ1) is 14.6. The predicted molar refractivity (Wildman–Crippen MR) is 126 cm³/mol. The Morgan fingerprint density at radius 3 is 2.29 bits per heavy atom. The Kier molecular flexibility index (Phi) is 7.98. The van der Waals surface area contributed by atoms with E-state index < -0.39 is 0 Å². The quantitative estimate of drug-likeness (QED) is 0.702. The van der Waals surface area contributed by atoms with Crippen molar-refractivity contribution in [3.05, 3.63) is 65.7 Å². The molecule has 0 saturated carbocycles. The van der Waals surface area contributed by atoms with Crippen molar-refractivity contribution in [2.75, 3.05) is 33.3 Å². The second-order valence-corrected chi connectivity index (χ2v) is 8.75. The Morgan fingerprint density at radius 2 is 1.65 bits per heavy atom. The van der Waals surface area contributed by atoms with Gasteiger partial charge in [-0.3, -0.25) is 4.79 Å². The highest BCUT2D eigenvalue weighted by atomic mass is 35.5. The number of rotatable bonds is 7. The number of piperidine rings is 1.